The zero-order chi connectivity index (χ0) is 23.6. The monoisotopic (exact) mass is 760 g/mol. The van der Waals surface area contributed by atoms with Gasteiger partial charge in [0.1, 0.15) is 6.04 Å². The molecule has 0 fully saturated rings. The number of unbranched alkanes of at least 4 members (excludes halogenated alkanes) is 1. The largest absolute Gasteiger partial charge is 0.480 e. The van der Waals surface area contributed by atoms with E-state index in [9.17, 15) is 24.3 Å². The van der Waals surface area contributed by atoms with Crippen molar-refractivity contribution in [3.8, 4) is 0 Å². The SMILES string of the molecule is CC(=O)Nc1c(I)c(NC(C)=O)c(I)c(C(=O)O)c1I.NCCCCC(N)C(=O)O. The van der Waals surface area contributed by atoms with Gasteiger partial charge in [0.15, 0.2) is 0 Å². The number of benzene rings is 1. The van der Waals surface area contributed by atoms with Crippen LogP contribution in [0.3, 0.4) is 0 Å². The molecule has 1 aromatic rings. The standard InChI is InChI=1S/C11H9I3N2O4.C6H14N2O2/c1-3(17)15-9-6(12)5(11(19)20)7(13)10(8(9)14)16-4(2)18;7-4-2-1-3-5(8)6(9)10/h1-2H3,(H,15,17)(H,16,18)(H,19,20);5H,1-4,7-8H2,(H,9,10). The van der Waals surface area contributed by atoms with Crippen LogP contribution in [0.4, 0.5) is 11.4 Å². The summed E-state index contributed by atoms with van der Waals surface area (Å²) in [5, 5.41) is 22.9. The predicted octanol–water partition coefficient (Wildman–Crippen LogP) is 2.64. The highest BCUT2D eigenvalue weighted by Gasteiger charge is 2.25. The number of hydrogen-bond donors (Lipinski definition) is 6. The smallest absolute Gasteiger partial charge is 0.338 e. The quantitative estimate of drug-likeness (QED) is 0.173. The Labute approximate surface area is 214 Å². The number of nitrogens with two attached hydrogens (primary N) is 2. The number of anilines is 2. The van der Waals surface area contributed by atoms with Crippen molar-refractivity contribution in [1.29, 1.82) is 0 Å². The molecule has 0 heterocycles. The van der Waals surface area contributed by atoms with E-state index in [0.29, 0.717) is 35.1 Å². The van der Waals surface area contributed by atoms with E-state index >= 15 is 0 Å². The molecule has 30 heavy (non-hydrogen) atoms. The van der Waals surface area contributed by atoms with Gasteiger partial charge in [0, 0.05) is 13.8 Å². The lowest BCUT2D eigenvalue weighted by molar-refractivity contribution is -0.138. The number of carbonyl (C=O) groups is 4. The molecule has 0 radical (unpaired) electrons. The maximum atomic E-state index is 11.4. The van der Waals surface area contributed by atoms with Gasteiger partial charge in [-0.1, -0.05) is 6.42 Å². The maximum absolute atomic E-state index is 11.4. The topological polar surface area (TPSA) is 185 Å². The molecule has 1 unspecified atom stereocenters. The van der Waals surface area contributed by atoms with E-state index in [1.165, 1.54) is 13.8 Å². The van der Waals surface area contributed by atoms with Crippen molar-refractivity contribution in [3.05, 3.63) is 16.3 Å². The van der Waals surface area contributed by atoms with Crippen LogP contribution in [-0.4, -0.2) is 46.6 Å². The zero-order valence-electron chi connectivity index (χ0n) is 16.2. The number of carboxylic acids is 2. The molecular weight excluding hydrogens is 737 g/mol. The molecule has 0 aliphatic rings. The fourth-order valence-electron chi connectivity index (χ4n) is 2.06. The van der Waals surface area contributed by atoms with Gasteiger partial charge in [0.25, 0.3) is 0 Å². The molecule has 0 saturated heterocycles. The minimum Gasteiger partial charge on any atom is -0.480 e. The molecule has 13 heteroatoms. The second kappa shape index (κ2) is 14.3. The van der Waals surface area contributed by atoms with Crippen LogP contribution in [-0.2, 0) is 14.4 Å². The Balaban J connectivity index is 0.000000710. The Bertz CT molecular complexity index is 776. The Morgan fingerprint density at radius 3 is 1.63 bits per heavy atom. The van der Waals surface area contributed by atoms with Crippen LogP contribution < -0.4 is 22.1 Å². The Hall–Kier alpha value is -0.790. The van der Waals surface area contributed by atoms with E-state index in [2.05, 4.69) is 10.6 Å². The first kappa shape index (κ1) is 29.2. The number of aromatic carboxylic acids is 1. The van der Waals surface area contributed by atoms with Crippen molar-refractivity contribution < 1.29 is 29.4 Å². The third-order valence-electron chi connectivity index (χ3n) is 3.42. The van der Waals surface area contributed by atoms with Crippen molar-refractivity contribution in [2.45, 2.75) is 39.2 Å². The minimum atomic E-state index is -1.12. The van der Waals surface area contributed by atoms with Crippen LogP contribution >= 0.6 is 67.8 Å². The number of carboxylic acid groups (broad SMARTS) is 2. The van der Waals surface area contributed by atoms with Gasteiger partial charge >= 0.3 is 11.9 Å². The van der Waals surface area contributed by atoms with Gasteiger partial charge in [0.2, 0.25) is 11.8 Å². The summed E-state index contributed by atoms with van der Waals surface area (Å²) in [4.78, 5) is 44.1. The Morgan fingerprint density at radius 2 is 1.33 bits per heavy atom. The van der Waals surface area contributed by atoms with E-state index in [-0.39, 0.29) is 17.4 Å². The number of hydrogen-bond acceptors (Lipinski definition) is 6. The average molecular weight is 760 g/mol. The first-order valence-electron chi connectivity index (χ1n) is 8.52. The molecule has 0 aliphatic heterocycles. The van der Waals surface area contributed by atoms with Crippen LogP contribution in [0.2, 0.25) is 0 Å². The summed E-state index contributed by atoms with van der Waals surface area (Å²) < 4.78 is 1.44. The predicted molar refractivity (Wildman–Crippen MR) is 139 cm³/mol. The molecule has 0 aromatic heterocycles. The molecule has 0 bridgehead atoms. The number of carbonyl (C=O) groups excluding carboxylic acids is 2. The van der Waals surface area contributed by atoms with Gasteiger partial charge in [0.05, 0.1) is 27.6 Å². The van der Waals surface area contributed by atoms with Gasteiger partial charge in [-0.15, -0.1) is 0 Å². The van der Waals surface area contributed by atoms with Gasteiger partial charge in [-0.05, 0) is 87.2 Å². The molecular formula is C17H23I3N4O6. The van der Waals surface area contributed by atoms with Crippen molar-refractivity contribution in [3.63, 3.8) is 0 Å². The summed E-state index contributed by atoms with van der Waals surface area (Å²) in [6.07, 6.45) is 2.16. The van der Waals surface area contributed by atoms with Gasteiger partial charge in [-0.3, -0.25) is 14.4 Å². The van der Waals surface area contributed by atoms with E-state index in [1.807, 2.05) is 67.8 Å². The van der Waals surface area contributed by atoms with Gasteiger partial charge < -0.3 is 32.3 Å². The third kappa shape index (κ3) is 9.56. The van der Waals surface area contributed by atoms with Crippen LogP contribution in [0, 0.1) is 10.7 Å². The van der Waals surface area contributed by atoms with Crippen LogP contribution in [0.25, 0.3) is 0 Å². The number of amides is 2. The van der Waals surface area contributed by atoms with Crippen molar-refractivity contribution in [1.82, 2.24) is 0 Å². The molecule has 8 N–H and O–H groups in total. The minimum absolute atomic E-state index is 0.0547. The second-order valence-electron chi connectivity index (χ2n) is 5.96. The van der Waals surface area contributed by atoms with Crippen LogP contribution in [0.15, 0.2) is 0 Å². The van der Waals surface area contributed by atoms with Crippen molar-refractivity contribution >= 4 is 103 Å². The highest BCUT2D eigenvalue weighted by Crippen LogP contribution is 2.38. The molecule has 1 atom stereocenters. The normalized spacial score (nSPS) is 11.0. The third-order valence-corrected chi connectivity index (χ3v) is 6.66. The molecule has 0 aliphatic carbocycles. The van der Waals surface area contributed by atoms with E-state index < -0.39 is 18.0 Å². The summed E-state index contributed by atoms with van der Waals surface area (Å²) in [6, 6.07) is -0.716. The zero-order valence-corrected chi connectivity index (χ0v) is 22.7. The van der Waals surface area contributed by atoms with Gasteiger partial charge in [-0.25, -0.2) is 4.79 Å². The highest BCUT2D eigenvalue weighted by molar-refractivity contribution is 14.1. The lowest BCUT2D eigenvalue weighted by atomic mass is 10.1. The molecule has 10 nitrogen and oxygen atoms in total. The maximum Gasteiger partial charge on any atom is 0.338 e. The summed E-state index contributed by atoms with van der Waals surface area (Å²) >= 11 is 5.71. The lowest BCUT2D eigenvalue weighted by Crippen LogP contribution is -2.29. The molecule has 0 saturated carbocycles. The van der Waals surface area contributed by atoms with Crippen LogP contribution in [0.1, 0.15) is 43.5 Å². The summed E-state index contributed by atoms with van der Waals surface area (Å²) in [5.74, 6) is -2.68. The molecule has 168 valence electrons. The average Bonchev–Trinajstić information content (AvgIpc) is 2.62. The Kier molecular flexibility index (Phi) is 13.9. The molecule has 1 rings (SSSR count). The lowest BCUT2D eigenvalue weighted by Gasteiger charge is -2.17. The number of halogens is 3. The number of rotatable bonds is 8. The van der Waals surface area contributed by atoms with Crippen molar-refractivity contribution in [2.75, 3.05) is 17.2 Å². The van der Waals surface area contributed by atoms with Gasteiger partial charge in [-0.2, -0.15) is 0 Å². The summed E-state index contributed by atoms with van der Waals surface area (Å²) in [6.45, 7) is 3.28. The first-order chi connectivity index (χ1) is 13.8. The number of nitrogens with one attached hydrogen (secondary N) is 2. The van der Waals surface area contributed by atoms with Crippen LogP contribution in [0.5, 0.6) is 0 Å². The fourth-order valence-corrected chi connectivity index (χ4v) is 6.22. The Morgan fingerprint density at radius 1 is 0.900 bits per heavy atom. The van der Waals surface area contributed by atoms with E-state index in [4.69, 9.17) is 16.6 Å². The molecule has 1 aromatic carbocycles. The van der Waals surface area contributed by atoms with Crippen molar-refractivity contribution in [2.24, 2.45) is 11.5 Å². The number of aliphatic carboxylic acids is 1. The summed E-state index contributed by atoms with van der Waals surface area (Å²) in [5.41, 5.74) is 11.3. The fraction of sp³-hybridized carbons (Fsp3) is 0.412. The summed E-state index contributed by atoms with van der Waals surface area (Å²) in [7, 11) is 0. The van der Waals surface area contributed by atoms with E-state index in [0.717, 1.165) is 12.8 Å². The molecule has 0 spiro atoms. The highest BCUT2D eigenvalue weighted by atomic mass is 127. The molecule has 2 amide bonds. The first-order valence-corrected chi connectivity index (χ1v) is 11.8. The van der Waals surface area contributed by atoms with E-state index in [1.54, 1.807) is 0 Å². The second-order valence-corrected chi connectivity index (χ2v) is 9.20.